The summed E-state index contributed by atoms with van der Waals surface area (Å²) < 4.78 is 2.03. The van der Waals surface area contributed by atoms with E-state index in [1.54, 1.807) is 24.3 Å². The van der Waals surface area contributed by atoms with E-state index in [1.807, 2.05) is 48.8 Å². The Morgan fingerprint density at radius 1 is 1.00 bits per heavy atom. The number of hydrogen-bond donors (Lipinski definition) is 0. The van der Waals surface area contributed by atoms with Gasteiger partial charge in [0.25, 0.3) is 0 Å². The molecule has 0 saturated carbocycles. The number of nitriles is 1. The van der Waals surface area contributed by atoms with Gasteiger partial charge >= 0.3 is 0 Å². The molecule has 3 rings (SSSR count). The fourth-order valence-corrected chi connectivity index (χ4v) is 3.51. The summed E-state index contributed by atoms with van der Waals surface area (Å²) in [6.45, 7) is 3.98. The van der Waals surface area contributed by atoms with E-state index in [4.69, 9.17) is 34.8 Å². The highest BCUT2D eigenvalue weighted by molar-refractivity contribution is 6.34. The van der Waals surface area contributed by atoms with Gasteiger partial charge in [-0.25, -0.2) is 0 Å². The number of aryl methyl sites for hydroxylation is 1. The molecule has 0 radical (unpaired) electrons. The van der Waals surface area contributed by atoms with E-state index in [9.17, 15) is 5.26 Å². The Morgan fingerprint density at radius 3 is 2.42 bits per heavy atom. The zero-order valence-electron chi connectivity index (χ0n) is 14.2. The van der Waals surface area contributed by atoms with Crippen molar-refractivity contribution in [1.82, 2.24) is 4.57 Å². The first-order chi connectivity index (χ1) is 12.4. The lowest BCUT2D eigenvalue weighted by Gasteiger charge is -2.12. The van der Waals surface area contributed by atoms with Crippen LogP contribution in [0.5, 0.6) is 0 Å². The molecule has 0 spiro atoms. The second-order valence-electron chi connectivity index (χ2n) is 5.94. The maximum atomic E-state index is 9.59. The van der Waals surface area contributed by atoms with Crippen LogP contribution in [-0.2, 0) is 0 Å². The number of aromatic nitrogens is 1. The number of rotatable bonds is 3. The Kier molecular flexibility index (Phi) is 5.44. The lowest BCUT2D eigenvalue weighted by atomic mass is 10.0. The Bertz CT molecular complexity index is 1060. The van der Waals surface area contributed by atoms with E-state index < -0.39 is 0 Å². The summed E-state index contributed by atoms with van der Waals surface area (Å²) in [6, 6.07) is 16.9. The summed E-state index contributed by atoms with van der Waals surface area (Å²) in [5.41, 5.74) is 5.06. The summed E-state index contributed by atoms with van der Waals surface area (Å²) in [5.74, 6) is 0. The summed E-state index contributed by atoms with van der Waals surface area (Å²) >= 11 is 18.6. The first-order valence-corrected chi connectivity index (χ1v) is 9.06. The molecule has 0 aliphatic carbocycles. The average molecular weight is 402 g/mol. The molecule has 3 aromatic rings. The zero-order chi connectivity index (χ0) is 18.8. The molecule has 0 amide bonds. The third-order valence-corrected chi connectivity index (χ3v) is 4.97. The number of nitrogens with zero attached hydrogens (tertiary/aromatic N) is 2. The summed E-state index contributed by atoms with van der Waals surface area (Å²) in [7, 11) is 0. The predicted molar refractivity (Wildman–Crippen MR) is 110 cm³/mol. The number of halogens is 3. The predicted octanol–water partition coefficient (Wildman–Crippen LogP) is 7.12. The average Bonchev–Trinajstić information content (AvgIpc) is 2.88. The van der Waals surface area contributed by atoms with E-state index in [0.717, 1.165) is 28.2 Å². The number of benzene rings is 2. The minimum absolute atomic E-state index is 0.546. The fourth-order valence-electron chi connectivity index (χ4n) is 2.95. The van der Waals surface area contributed by atoms with Crippen LogP contribution in [0.25, 0.3) is 17.3 Å². The standard InChI is InChI=1S/C21H15Cl3N2/c1-13-8-16(9-17(12-25)15-4-3-5-18(22)10-15)14(2)26(13)21-11-19(23)6-7-20(21)24/h3-11H,1-2H3/b17-9-. The number of hydrogen-bond acceptors (Lipinski definition) is 1. The van der Waals surface area contributed by atoms with Crippen LogP contribution in [-0.4, -0.2) is 4.57 Å². The summed E-state index contributed by atoms with van der Waals surface area (Å²) in [4.78, 5) is 0. The molecular formula is C21H15Cl3N2. The monoisotopic (exact) mass is 400 g/mol. The van der Waals surface area contributed by atoms with Gasteiger partial charge in [0.1, 0.15) is 0 Å². The Balaban J connectivity index is 2.13. The van der Waals surface area contributed by atoms with E-state index >= 15 is 0 Å². The van der Waals surface area contributed by atoms with Gasteiger partial charge in [-0.3, -0.25) is 0 Å². The second-order valence-corrected chi connectivity index (χ2v) is 7.22. The summed E-state index contributed by atoms with van der Waals surface area (Å²) in [5, 5.41) is 11.4. The van der Waals surface area contributed by atoms with Crippen LogP contribution in [0.15, 0.2) is 48.5 Å². The van der Waals surface area contributed by atoms with Crippen molar-refractivity contribution < 1.29 is 0 Å². The molecule has 0 aliphatic heterocycles. The van der Waals surface area contributed by atoms with E-state index in [2.05, 4.69) is 6.07 Å². The Morgan fingerprint density at radius 2 is 1.73 bits per heavy atom. The van der Waals surface area contributed by atoms with Crippen LogP contribution in [0.1, 0.15) is 22.5 Å². The highest BCUT2D eigenvalue weighted by atomic mass is 35.5. The van der Waals surface area contributed by atoms with Gasteiger partial charge in [-0.15, -0.1) is 0 Å². The van der Waals surface area contributed by atoms with Crippen LogP contribution in [0.4, 0.5) is 0 Å². The van der Waals surface area contributed by atoms with Crippen LogP contribution in [0.3, 0.4) is 0 Å². The van der Waals surface area contributed by atoms with Crippen molar-refractivity contribution >= 4 is 46.5 Å². The molecule has 1 heterocycles. The SMILES string of the molecule is Cc1cc(/C=C(/C#N)c2cccc(Cl)c2)c(C)n1-c1cc(Cl)ccc1Cl. The molecule has 2 aromatic carbocycles. The van der Waals surface area contributed by atoms with Crippen molar-refractivity contribution in [3.05, 3.63) is 86.1 Å². The maximum Gasteiger partial charge on any atom is 0.0998 e. The molecule has 0 bridgehead atoms. The highest BCUT2D eigenvalue weighted by Crippen LogP contribution is 2.30. The number of allylic oxidation sites excluding steroid dienone is 1. The van der Waals surface area contributed by atoms with Crippen molar-refractivity contribution in [2.24, 2.45) is 0 Å². The van der Waals surface area contributed by atoms with Crippen molar-refractivity contribution in [2.45, 2.75) is 13.8 Å². The molecule has 5 heteroatoms. The van der Waals surface area contributed by atoms with Crippen molar-refractivity contribution in [1.29, 1.82) is 5.26 Å². The lowest BCUT2D eigenvalue weighted by molar-refractivity contribution is 0.965. The maximum absolute atomic E-state index is 9.59. The normalized spacial score (nSPS) is 11.5. The molecular weight excluding hydrogens is 387 g/mol. The van der Waals surface area contributed by atoms with Crippen molar-refractivity contribution in [2.75, 3.05) is 0 Å². The first kappa shape index (κ1) is 18.6. The fraction of sp³-hybridized carbons (Fsp3) is 0.0952. The van der Waals surface area contributed by atoms with Gasteiger partial charge in [0.05, 0.1) is 22.4 Å². The molecule has 0 N–H and O–H groups in total. The van der Waals surface area contributed by atoms with Gasteiger partial charge in [-0.05, 0) is 67.4 Å². The minimum Gasteiger partial charge on any atom is -0.316 e. The second kappa shape index (κ2) is 7.60. The van der Waals surface area contributed by atoms with Crippen molar-refractivity contribution in [3.8, 4) is 11.8 Å². The summed E-state index contributed by atoms with van der Waals surface area (Å²) in [6.07, 6.45) is 1.86. The quantitative estimate of drug-likeness (QED) is 0.429. The van der Waals surface area contributed by atoms with Gasteiger partial charge in [-0.1, -0.05) is 46.9 Å². The van der Waals surface area contributed by atoms with Crippen LogP contribution < -0.4 is 0 Å². The van der Waals surface area contributed by atoms with Crippen molar-refractivity contribution in [3.63, 3.8) is 0 Å². The molecule has 0 atom stereocenters. The smallest absolute Gasteiger partial charge is 0.0998 e. The molecule has 26 heavy (non-hydrogen) atoms. The third kappa shape index (κ3) is 3.66. The zero-order valence-corrected chi connectivity index (χ0v) is 16.5. The van der Waals surface area contributed by atoms with Crippen LogP contribution >= 0.6 is 34.8 Å². The third-order valence-electron chi connectivity index (χ3n) is 4.18. The van der Waals surface area contributed by atoms with Gasteiger partial charge in [0, 0.05) is 21.4 Å². The molecule has 0 fully saturated rings. The molecule has 1 aromatic heterocycles. The van der Waals surface area contributed by atoms with E-state index in [1.165, 1.54) is 0 Å². The van der Waals surface area contributed by atoms with Gasteiger partial charge < -0.3 is 4.57 Å². The topological polar surface area (TPSA) is 28.7 Å². The van der Waals surface area contributed by atoms with Gasteiger partial charge in [0.2, 0.25) is 0 Å². The van der Waals surface area contributed by atoms with Gasteiger partial charge in [-0.2, -0.15) is 5.26 Å². The van der Waals surface area contributed by atoms with Gasteiger partial charge in [0.15, 0.2) is 0 Å². The molecule has 0 saturated heterocycles. The molecule has 130 valence electrons. The van der Waals surface area contributed by atoms with Crippen LogP contribution in [0, 0.1) is 25.2 Å². The Labute approximate surface area is 167 Å². The molecule has 0 aliphatic rings. The first-order valence-electron chi connectivity index (χ1n) is 7.93. The molecule has 2 nitrogen and oxygen atoms in total. The largest absolute Gasteiger partial charge is 0.316 e. The van der Waals surface area contributed by atoms with E-state index in [0.29, 0.717) is 20.6 Å². The van der Waals surface area contributed by atoms with E-state index in [-0.39, 0.29) is 0 Å². The minimum atomic E-state index is 0.546. The molecule has 0 unspecified atom stereocenters. The Hall–Kier alpha value is -2.18. The van der Waals surface area contributed by atoms with Crippen LogP contribution in [0.2, 0.25) is 15.1 Å². The highest BCUT2D eigenvalue weighted by Gasteiger charge is 2.13. The lowest BCUT2D eigenvalue weighted by Crippen LogP contribution is -2.00.